The number of nitrogens with zero attached hydrogens (tertiary/aromatic N) is 2. The van der Waals surface area contributed by atoms with Crippen LogP contribution >= 0.6 is 0 Å². The second kappa shape index (κ2) is 5.51. The predicted molar refractivity (Wildman–Crippen MR) is 76.7 cm³/mol. The second-order valence-electron chi connectivity index (χ2n) is 5.92. The summed E-state index contributed by atoms with van der Waals surface area (Å²) in [6, 6.07) is 3.93. The molecule has 5 nitrogen and oxygen atoms in total. The molecular weight excluding hydrogens is 287 g/mol. The lowest BCUT2D eigenvalue weighted by Gasteiger charge is -2.31. The molecule has 0 N–H and O–H groups in total. The number of fused-ring (bicyclic) bond motifs is 1. The van der Waals surface area contributed by atoms with Crippen molar-refractivity contribution in [1.82, 2.24) is 9.80 Å². The average Bonchev–Trinajstić information content (AvgIpc) is 2.74. The molecule has 2 aliphatic heterocycles. The van der Waals surface area contributed by atoms with Crippen LogP contribution in [0.25, 0.3) is 0 Å². The van der Waals surface area contributed by atoms with E-state index in [0.29, 0.717) is 19.0 Å². The van der Waals surface area contributed by atoms with Gasteiger partial charge in [-0.1, -0.05) is 13.0 Å². The zero-order valence-electron chi connectivity index (χ0n) is 12.3. The van der Waals surface area contributed by atoms with Crippen molar-refractivity contribution in [2.24, 2.45) is 5.92 Å². The van der Waals surface area contributed by atoms with Gasteiger partial charge in [0.2, 0.25) is 5.91 Å². The topological polar surface area (TPSA) is 57.7 Å². The van der Waals surface area contributed by atoms with Crippen LogP contribution in [0.5, 0.6) is 0 Å². The molecule has 0 spiro atoms. The van der Waals surface area contributed by atoms with Crippen molar-refractivity contribution in [2.75, 3.05) is 19.6 Å². The number of carbonyl (C=O) groups excluding carboxylic acids is 3. The molecular formula is C16H17FN2O3. The Morgan fingerprint density at radius 2 is 1.91 bits per heavy atom. The summed E-state index contributed by atoms with van der Waals surface area (Å²) in [7, 11) is 0. The third-order valence-electron chi connectivity index (χ3n) is 4.38. The summed E-state index contributed by atoms with van der Waals surface area (Å²) in [4.78, 5) is 39.2. The maximum Gasteiger partial charge on any atom is 0.265 e. The van der Waals surface area contributed by atoms with Crippen molar-refractivity contribution in [1.29, 1.82) is 0 Å². The zero-order valence-corrected chi connectivity index (χ0v) is 12.3. The lowest BCUT2D eigenvalue weighted by Crippen LogP contribution is -2.45. The molecule has 1 aromatic rings. The van der Waals surface area contributed by atoms with Crippen LogP contribution in [0.2, 0.25) is 0 Å². The van der Waals surface area contributed by atoms with Crippen molar-refractivity contribution < 1.29 is 18.8 Å². The van der Waals surface area contributed by atoms with Crippen LogP contribution in [0, 0.1) is 11.7 Å². The summed E-state index contributed by atoms with van der Waals surface area (Å²) >= 11 is 0. The van der Waals surface area contributed by atoms with E-state index in [9.17, 15) is 18.8 Å². The number of amides is 3. The van der Waals surface area contributed by atoms with Gasteiger partial charge in [0.25, 0.3) is 11.8 Å². The fraction of sp³-hybridized carbons (Fsp3) is 0.438. The van der Waals surface area contributed by atoms with Gasteiger partial charge in [0.1, 0.15) is 12.4 Å². The number of imide groups is 1. The third-order valence-corrected chi connectivity index (χ3v) is 4.38. The standard InChI is InChI=1S/C16H17FN2O3/c1-10-5-7-18(8-6-10)13(20)9-19-15(21)11-3-2-4-12(17)14(11)16(19)22/h2-4,10H,5-9H2,1H3. The minimum atomic E-state index is -0.725. The van der Waals surface area contributed by atoms with Gasteiger partial charge in [-0.25, -0.2) is 4.39 Å². The largest absolute Gasteiger partial charge is 0.341 e. The van der Waals surface area contributed by atoms with Crippen molar-refractivity contribution in [3.05, 3.63) is 35.1 Å². The molecule has 0 saturated carbocycles. The summed E-state index contributed by atoms with van der Waals surface area (Å²) in [6.45, 7) is 3.09. The van der Waals surface area contributed by atoms with Gasteiger partial charge in [-0.15, -0.1) is 0 Å². The number of hydrogen-bond donors (Lipinski definition) is 0. The van der Waals surface area contributed by atoms with Gasteiger partial charge >= 0.3 is 0 Å². The van der Waals surface area contributed by atoms with Crippen LogP contribution in [-0.4, -0.2) is 47.2 Å². The summed E-state index contributed by atoms with van der Waals surface area (Å²) in [6.07, 6.45) is 1.84. The van der Waals surface area contributed by atoms with E-state index in [1.807, 2.05) is 0 Å². The van der Waals surface area contributed by atoms with E-state index in [0.717, 1.165) is 23.8 Å². The number of rotatable bonds is 2. The number of piperidine rings is 1. The minimum Gasteiger partial charge on any atom is -0.341 e. The number of likely N-dealkylation sites (tertiary alicyclic amines) is 1. The zero-order chi connectivity index (χ0) is 15.9. The first kappa shape index (κ1) is 14.7. The molecule has 1 saturated heterocycles. The molecule has 116 valence electrons. The SMILES string of the molecule is CC1CCN(C(=O)CN2C(=O)c3cccc(F)c3C2=O)CC1. The van der Waals surface area contributed by atoms with Gasteiger partial charge in [-0.3, -0.25) is 19.3 Å². The Kier molecular flexibility index (Phi) is 3.68. The summed E-state index contributed by atoms with van der Waals surface area (Å²) in [5, 5.41) is 0. The van der Waals surface area contributed by atoms with Crippen LogP contribution in [0.1, 0.15) is 40.5 Å². The van der Waals surface area contributed by atoms with Gasteiger partial charge in [0, 0.05) is 13.1 Å². The Morgan fingerprint density at radius 1 is 1.23 bits per heavy atom. The highest BCUT2D eigenvalue weighted by Gasteiger charge is 2.39. The number of hydrogen-bond acceptors (Lipinski definition) is 3. The smallest absolute Gasteiger partial charge is 0.265 e. The first-order chi connectivity index (χ1) is 10.5. The lowest BCUT2D eigenvalue weighted by molar-refractivity contribution is -0.132. The number of benzene rings is 1. The summed E-state index contributed by atoms with van der Waals surface area (Å²) < 4.78 is 13.7. The van der Waals surface area contributed by atoms with Gasteiger partial charge in [-0.05, 0) is 30.9 Å². The Labute approximate surface area is 127 Å². The summed E-state index contributed by atoms with van der Waals surface area (Å²) in [5.74, 6) is -1.73. The average molecular weight is 304 g/mol. The molecule has 1 fully saturated rings. The van der Waals surface area contributed by atoms with Crippen LogP contribution in [0.3, 0.4) is 0 Å². The highest BCUT2D eigenvalue weighted by Crippen LogP contribution is 2.25. The van der Waals surface area contributed by atoms with Gasteiger partial charge < -0.3 is 4.90 Å². The van der Waals surface area contributed by atoms with E-state index in [1.54, 1.807) is 4.90 Å². The van der Waals surface area contributed by atoms with Crippen LogP contribution in [-0.2, 0) is 4.79 Å². The molecule has 0 atom stereocenters. The normalized spacial score (nSPS) is 18.8. The number of halogens is 1. The Hall–Kier alpha value is -2.24. The molecule has 22 heavy (non-hydrogen) atoms. The van der Waals surface area contributed by atoms with Crippen molar-refractivity contribution in [3.8, 4) is 0 Å². The van der Waals surface area contributed by atoms with Gasteiger partial charge in [0.05, 0.1) is 11.1 Å². The highest BCUT2D eigenvalue weighted by atomic mass is 19.1. The van der Waals surface area contributed by atoms with Crippen LogP contribution in [0.15, 0.2) is 18.2 Å². The molecule has 1 aromatic carbocycles. The van der Waals surface area contributed by atoms with Gasteiger partial charge in [-0.2, -0.15) is 0 Å². The maximum atomic E-state index is 13.7. The fourth-order valence-electron chi connectivity index (χ4n) is 2.93. The molecule has 0 radical (unpaired) electrons. The van der Waals surface area contributed by atoms with E-state index < -0.39 is 17.6 Å². The molecule has 0 aliphatic carbocycles. The maximum absolute atomic E-state index is 13.7. The lowest BCUT2D eigenvalue weighted by atomic mass is 9.99. The Bertz CT molecular complexity index is 651. The van der Waals surface area contributed by atoms with E-state index in [-0.39, 0.29) is 23.6 Å². The quantitative estimate of drug-likeness (QED) is 0.781. The van der Waals surface area contributed by atoms with Crippen molar-refractivity contribution in [2.45, 2.75) is 19.8 Å². The van der Waals surface area contributed by atoms with Crippen LogP contribution in [0.4, 0.5) is 4.39 Å². The fourth-order valence-corrected chi connectivity index (χ4v) is 2.93. The van der Waals surface area contributed by atoms with E-state index in [2.05, 4.69) is 6.92 Å². The second-order valence-corrected chi connectivity index (χ2v) is 5.92. The Balaban J connectivity index is 1.74. The van der Waals surface area contributed by atoms with E-state index in [4.69, 9.17) is 0 Å². The third kappa shape index (κ3) is 2.38. The molecule has 0 bridgehead atoms. The molecule has 2 aliphatic rings. The molecule has 0 aromatic heterocycles. The van der Waals surface area contributed by atoms with Crippen molar-refractivity contribution in [3.63, 3.8) is 0 Å². The first-order valence-corrected chi connectivity index (χ1v) is 7.41. The molecule has 0 unspecified atom stereocenters. The summed E-state index contributed by atoms with van der Waals surface area (Å²) in [5.41, 5.74) is -0.197. The molecule has 3 rings (SSSR count). The monoisotopic (exact) mass is 304 g/mol. The Morgan fingerprint density at radius 3 is 2.55 bits per heavy atom. The number of carbonyl (C=O) groups is 3. The first-order valence-electron chi connectivity index (χ1n) is 7.41. The van der Waals surface area contributed by atoms with Crippen LogP contribution < -0.4 is 0 Å². The van der Waals surface area contributed by atoms with E-state index >= 15 is 0 Å². The minimum absolute atomic E-state index is 0.0325. The predicted octanol–water partition coefficient (Wildman–Crippen LogP) is 1.68. The molecule has 3 amide bonds. The van der Waals surface area contributed by atoms with E-state index in [1.165, 1.54) is 12.1 Å². The van der Waals surface area contributed by atoms with Gasteiger partial charge in [0.15, 0.2) is 0 Å². The van der Waals surface area contributed by atoms with Crippen molar-refractivity contribution >= 4 is 17.7 Å². The molecule has 2 heterocycles. The highest BCUT2D eigenvalue weighted by molar-refractivity contribution is 6.22. The molecule has 6 heteroatoms.